The second-order valence-corrected chi connectivity index (χ2v) is 6.62. The molecule has 0 bridgehead atoms. The van der Waals surface area contributed by atoms with Gasteiger partial charge in [0, 0.05) is 5.92 Å². The van der Waals surface area contributed by atoms with E-state index in [4.69, 9.17) is 0 Å². The van der Waals surface area contributed by atoms with E-state index in [0.717, 1.165) is 11.8 Å². The first kappa shape index (κ1) is 14.1. The highest BCUT2D eigenvalue weighted by Gasteiger charge is 2.55. The molecule has 0 aliphatic heterocycles. The van der Waals surface area contributed by atoms with Gasteiger partial charge in [-0.25, -0.2) is 0 Å². The zero-order valence-corrected chi connectivity index (χ0v) is 12.3. The first-order chi connectivity index (χ1) is 8.79. The Bertz CT molecular complexity index is 273. The van der Waals surface area contributed by atoms with Crippen LogP contribution in [0.1, 0.15) is 78.1 Å². The molecule has 4 atom stereocenters. The summed E-state index contributed by atoms with van der Waals surface area (Å²) in [4.78, 5) is 11.5. The summed E-state index contributed by atoms with van der Waals surface area (Å²) in [7, 11) is 0. The van der Waals surface area contributed by atoms with Crippen molar-refractivity contribution in [3.63, 3.8) is 0 Å². The van der Waals surface area contributed by atoms with Gasteiger partial charge in [-0.3, -0.25) is 0 Å². The van der Waals surface area contributed by atoms with Crippen LogP contribution in [0.3, 0.4) is 0 Å². The monoisotopic (exact) mass is 250 g/mol. The Balaban J connectivity index is 2.11. The number of hydrogen-bond acceptors (Lipinski definition) is 1. The van der Waals surface area contributed by atoms with Crippen LogP contribution in [0.15, 0.2) is 0 Å². The van der Waals surface area contributed by atoms with Gasteiger partial charge >= 0.3 is 0 Å². The van der Waals surface area contributed by atoms with E-state index >= 15 is 0 Å². The van der Waals surface area contributed by atoms with Gasteiger partial charge in [0.15, 0.2) is 0 Å². The second kappa shape index (κ2) is 6.21. The van der Waals surface area contributed by atoms with Gasteiger partial charge in [0.05, 0.1) is 0 Å². The van der Waals surface area contributed by atoms with E-state index in [1.54, 1.807) is 0 Å². The topological polar surface area (TPSA) is 17.1 Å². The summed E-state index contributed by atoms with van der Waals surface area (Å²) in [6.45, 7) is 4.63. The summed E-state index contributed by atoms with van der Waals surface area (Å²) in [5, 5.41) is 0. The van der Waals surface area contributed by atoms with Crippen molar-refractivity contribution in [1.82, 2.24) is 0 Å². The Hall–Kier alpha value is -0.330. The van der Waals surface area contributed by atoms with Gasteiger partial charge in [-0.15, -0.1) is 0 Å². The molecular weight excluding hydrogens is 220 g/mol. The lowest BCUT2D eigenvalue weighted by molar-refractivity contribution is -0.116. The highest BCUT2D eigenvalue weighted by molar-refractivity contribution is 5.56. The van der Waals surface area contributed by atoms with Gasteiger partial charge in [0.1, 0.15) is 6.29 Å². The zero-order chi connectivity index (χ0) is 13.0. The summed E-state index contributed by atoms with van der Waals surface area (Å²) < 4.78 is 0. The van der Waals surface area contributed by atoms with Crippen LogP contribution in [0.5, 0.6) is 0 Å². The number of fused-ring (bicyclic) bond motifs is 1. The fraction of sp³-hybridized carbons (Fsp3) is 0.941. The van der Waals surface area contributed by atoms with Gasteiger partial charge in [-0.2, -0.15) is 0 Å². The lowest BCUT2D eigenvalue weighted by atomic mass is 9.63. The fourth-order valence-corrected chi connectivity index (χ4v) is 5.21. The van der Waals surface area contributed by atoms with Crippen LogP contribution in [0.25, 0.3) is 0 Å². The van der Waals surface area contributed by atoms with E-state index in [1.807, 2.05) is 0 Å². The Morgan fingerprint density at radius 3 is 2.72 bits per heavy atom. The molecule has 0 radical (unpaired) electrons. The predicted molar refractivity (Wildman–Crippen MR) is 76.5 cm³/mol. The first-order valence-electron chi connectivity index (χ1n) is 8.24. The molecular formula is C17H30O. The Kier molecular flexibility index (Phi) is 4.86. The molecule has 2 rings (SSSR count). The van der Waals surface area contributed by atoms with Crippen molar-refractivity contribution in [3.8, 4) is 0 Å². The maximum Gasteiger partial charge on any atom is 0.123 e. The van der Waals surface area contributed by atoms with Crippen LogP contribution in [0, 0.1) is 23.2 Å². The third-order valence-electron chi connectivity index (χ3n) is 6.01. The fourth-order valence-electron chi connectivity index (χ4n) is 5.21. The second-order valence-electron chi connectivity index (χ2n) is 6.62. The smallest absolute Gasteiger partial charge is 0.123 e. The molecule has 18 heavy (non-hydrogen) atoms. The third-order valence-corrected chi connectivity index (χ3v) is 6.01. The molecule has 0 aromatic carbocycles. The van der Waals surface area contributed by atoms with Crippen molar-refractivity contribution in [2.24, 2.45) is 23.2 Å². The van der Waals surface area contributed by atoms with E-state index < -0.39 is 0 Å². The maximum absolute atomic E-state index is 11.5. The molecule has 2 aliphatic rings. The molecule has 0 heterocycles. The summed E-state index contributed by atoms with van der Waals surface area (Å²) in [6, 6.07) is 0. The summed E-state index contributed by atoms with van der Waals surface area (Å²) in [6.07, 6.45) is 14.6. The van der Waals surface area contributed by atoms with Crippen molar-refractivity contribution in [2.75, 3.05) is 0 Å². The number of hydrogen-bond donors (Lipinski definition) is 0. The van der Waals surface area contributed by atoms with Crippen LogP contribution in [-0.4, -0.2) is 6.29 Å². The SMILES string of the molecule is CCCCCC(CC)C12CCCC1CCC2C=O. The molecule has 0 saturated heterocycles. The minimum absolute atomic E-state index is 0.386. The quantitative estimate of drug-likeness (QED) is 0.459. The van der Waals surface area contributed by atoms with Gasteiger partial charge < -0.3 is 4.79 Å². The molecule has 0 N–H and O–H groups in total. The average molecular weight is 250 g/mol. The van der Waals surface area contributed by atoms with Crippen LogP contribution < -0.4 is 0 Å². The van der Waals surface area contributed by atoms with Crippen molar-refractivity contribution in [2.45, 2.75) is 78.1 Å². The lowest BCUT2D eigenvalue weighted by Crippen LogP contribution is -2.37. The van der Waals surface area contributed by atoms with Gasteiger partial charge in [0.25, 0.3) is 0 Å². The summed E-state index contributed by atoms with van der Waals surface area (Å²) >= 11 is 0. The normalized spacial score (nSPS) is 36.6. The van der Waals surface area contributed by atoms with Crippen LogP contribution in [0.4, 0.5) is 0 Å². The first-order valence-corrected chi connectivity index (χ1v) is 8.24. The van der Waals surface area contributed by atoms with E-state index in [1.165, 1.54) is 70.5 Å². The number of carbonyl (C=O) groups excluding carboxylic acids is 1. The van der Waals surface area contributed by atoms with E-state index in [9.17, 15) is 4.79 Å². The minimum atomic E-state index is 0.386. The molecule has 1 nitrogen and oxygen atoms in total. The largest absolute Gasteiger partial charge is 0.303 e. The van der Waals surface area contributed by atoms with Gasteiger partial charge in [0.2, 0.25) is 0 Å². The molecule has 2 aliphatic carbocycles. The highest BCUT2D eigenvalue weighted by Crippen LogP contribution is 2.62. The lowest BCUT2D eigenvalue weighted by Gasteiger charge is -2.41. The van der Waals surface area contributed by atoms with Crippen molar-refractivity contribution >= 4 is 6.29 Å². The number of unbranched alkanes of at least 4 members (excludes halogenated alkanes) is 2. The van der Waals surface area contributed by atoms with Crippen molar-refractivity contribution in [1.29, 1.82) is 0 Å². The molecule has 0 aromatic heterocycles. The molecule has 1 heteroatoms. The van der Waals surface area contributed by atoms with Crippen molar-refractivity contribution < 1.29 is 4.79 Å². The molecule has 0 amide bonds. The molecule has 2 saturated carbocycles. The number of rotatable bonds is 7. The van der Waals surface area contributed by atoms with E-state index in [0.29, 0.717) is 11.3 Å². The summed E-state index contributed by atoms with van der Waals surface area (Å²) in [5.41, 5.74) is 0.421. The van der Waals surface area contributed by atoms with E-state index in [2.05, 4.69) is 13.8 Å². The molecule has 0 aromatic rings. The summed E-state index contributed by atoms with van der Waals surface area (Å²) in [5.74, 6) is 2.07. The highest BCUT2D eigenvalue weighted by atomic mass is 16.1. The molecule has 4 unspecified atom stereocenters. The van der Waals surface area contributed by atoms with E-state index in [-0.39, 0.29) is 0 Å². The van der Waals surface area contributed by atoms with Gasteiger partial charge in [-0.1, -0.05) is 46.0 Å². The van der Waals surface area contributed by atoms with Crippen LogP contribution in [-0.2, 0) is 4.79 Å². The van der Waals surface area contributed by atoms with Crippen LogP contribution >= 0.6 is 0 Å². The van der Waals surface area contributed by atoms with Gasteiger partial charge in [-0.05, 0) is 49.4 Å². The Labute approximate surface area is 113 Å². The zero-order valence-electron chi connectivity index (χ0n) is 12.3. The average Bonchev–Trinajstić information content (AvgIpc) is 2.93. The minimum Gasteiger partial charge on any atom is -0.303 e. The molecule has 0 spiro atoms. The van der Waals surface area contributed by atoms with Crippen LogP contribution in [0.2, 0.25) is 0 Å². The van der Waals surface area contributed by atoms with Crippen molar-refractivity contribution in [3.05, 3.63) is 0 Å². The maximum atomic E-state index is 11.5. The number of carbonyl (C=O) groups is 1. The number of aldehydes is 1. The molecule has 2 fully saturated rings. The molecule has 104 valence electrons. The Morgan fingerprint density at radius 2 is 2.06 bits per heavy atom. The predicted octanol–water partition coefficient (Wildman–Crippen LogP) is 4.99. The third kappa shape index (κ3) is 2.26. The standard InChI is InChI=1S/C17H30O/c1-3-5-6-8-14(4-2)17-12-7-9-15(17)10-11-16(17)13-18/h13-16H,3-12H2,1-2H3. The Morgan fingerprint density at radius 1 is 1.22 bits per heavy atom.